The first kappa shape index (κ1) is 13.6. The zero-order valence-electron chi connectivity index (χ0n) is 10.2. The number of nitrogens with zero attached hydrogens (tertiary/aromatic N) is 1. The van der Waals surface area contributed by atoms with E-state index in [1.807, 2.05) is 0 Å². The molecule has 18 heavy (non-hydrogen) atoms. The van der Waals surface area contributed by atoms with E-state index in [4.69, 9.17) is 4.74 Å². The molecule has 5 nitrogen and oxygen atoms in total. The smallest absolute Gasteiger partial charge is 0.261 e. The third-order valence-corrected chi connectivity index (χ3v) is 3.36. The summed E-state index contributed by atoms with van der Waals surface area (Å²) in [5, 5.41) is 12.5. The fourth-order valence-corrected chi connectivity index (χ4v) is 2.45. The lowest BCUT2D eigenvalue weighted by Crippen LogP contribution is -2.46. The van der Waals surface area contributed by atoms with Crippen molar-refractivity contribution < 1.29 is 23.4 Å². The van der Waals surface area contributed by atoms with Crippen LogP contribution in [0.4, 0.5) is 8.78 Å². The predicted octanol–water partition coefficient (Wildman–Crippen LogP) is -0.408. The molecule has 2 saturated heterocycles. The van der Waals surface area contributed by atoms with Crippen LogP contribution in [0.1, 0.15) is 13.3 Å². The van der Waals surface area contributed by atoms with E-state index < -0.39 is 24.2 Å². The van der Waals surface area contributed by atoms with Gasteiger partial charge in [-0.2, -0.15) is 0 Å². The largest absolute Gasteiger partial charge is 0.388 e. The maximum atomic E-state index is 13.0. The Morgan fingerprint density at radius 1 is 1.61 bits per heavy atom. The summed E-state index contributed by atoms with van der Waals surface area (Å²) in [5.41, 5.74) is 0. The third kappa shape index (κ3) is 3.15. The number of carbonyl (C=O) groups is 1. The van der Waals surface area contributed by atoms with Gasteiger partial charge >= 0.3 is 0 Å². The van der Waals surface area contributed by atoms with E-state index in [0.717, 1.165) is 0 Å². The maximum absolute atomic E-state index is 13.0. The van der Waals surface area contributed by atoms with Crippen molar-refractivity contribution in [2.45, 2.75) is 37.5 Å². The molecule has 1 amide bonds. The molecule has 104 valence electrons. The molecule has 2 fully saturated rings. The Morgan fingerprint density at radius 3 is 2.89 bits per heavy atom. The Kier molecular flexibility index (Phi) is 3.84. The monoisotopic (exact) mass is 264 g/mol. The van der Waals surface area contributed by atoms with E-state index in [0.29, 0.717) is 6.54 Å². The molecule has 2 rings (SSSR count). The van der Waals surface area contributed by atoms with E-state index in [1.54, 1.807) is 4.90 Å². The quantitative estimate of drug-likeness (QED) is 0.727. The molecule has 2 heterocycles. The molecule has 2 aliphatic heterocycles. The zero-order valence-corrected chi connectivity index (χ0v) is 10.2. The summed E-state index contributed by atoms with van der Waals surface area (Å²) in [6, 6.07) is -0.449. The molecule has 0 aliphatic carbocycles. The molecule has 0 bridgehead atoms. The number of rotatable bonds is 3. The third-order valence-electron chi connectivity index (χ3n) is 3.36. The first-order chi connectivity index (χ1) is 8.37. The molecule has 7 heteroatoms. The number of hydrogen-bond donors (Lipinski definition) is 2. The molecule has 0 aromatic rings. The number of hydrogen-bond acceptors (Lipinski definition) is 4. The second-order valence-corrected chi connectivity index (χ2v) is 5.01. The number of alkyl halides is 2. The highest BCUT2D eigenvalue weighted by Gasteiger charge is 2.42. The fraction of sp³-hybridized carbons (Fsp3) is 0.909. The molecule has 3 atom stereocenters. The van der Waals surface area contributed by atoms with E-state index >= 15 is 0 Å². The van der Waals surface area contributed by atoms with Gasteiger partial charge in [0.15, 0.2) is 0 Å². The summed E-state index contributed by atoms with van der Waals surface area (Å²) in [6.45, 7) is 1.87. The summed E-state index contributed by atoms with van der Waals surface area (Å²) in [5.74, 6) is -2.88. The molecule has 0 aromatic heterocycles. The van der Waals surface area contributed by atoms with Crippen molar-refractivity contribution in [3.63, 3.8) is 0 Å². The van der Waals surface area contributed by atoms with Gasteiger partial charge in [-0.15, -0.1) is 0 Å². The maximum Gasteiger partial charge on any atom is 0.261 e. The summed E-state index contributed by atoms with van der Waals surface area (Å²) in [7, 11) is 0. The predicted molar refractivity (Wildman–Crippen MR) is 59.4 cm³/mol. The Balaban J connectivity index is 1.83. The lowest BCUT2D eigenvalue weighted by molar-refractivity contribution is -0.120. The van der Waals surface area contributed by atoms with E-state index in [9.17, 15) is 18.7 Å². The molecular weight excluding hydrogens is 246 g/mol. The number of aliphatic hydroxyl groups is 1. The molecule has 0 unspecified atom stereocenters. The molecule has 2 N–H and O–H groups in total. The van der Waals surface area contributed by atoms with Gasteiger partial charge in [-0.05, 0) is 0 Å². The zero-order chi connectivity index (χ0) is 13.3. The van der Waals surface area contributed by atoms with Gasteiger partial charge in [0.2, 0.25) is 5.91 Å². The van der Waals surface area contributed by atoms with Crippen molar-refractivity contribution in [3.8, 4) is 0 Å². The van der Waals surface area contributed by atoms with Crippen molar-refractivity contribution in [2.24, 2.45) is 0 Å². The number of aliphatic hydroxyl groups excluding tert-OH is 1. The van der Waals surface area contributed by atoms with Crippen LogP contribution in [0.3, 0.4) is 0 Å². The first-order valence-corrected chi connectivity index (χ1v) is 6.04. The van der Waals surface area contributed by atoms with Crippen molar-refractivity contribution in [2.75, 3.05) is 26.2 Å². The topological polar surface area (TPSA) is 61.8 Å². The highest BCUT2D eigenvalue weighted by atomic mass is 19.3. The SMILES string of the molecule is CC(=O)N[C@H]1CO[C@@H](CN2CCC(F)(F)C2)[C@@H]1O. The molecule has 0 spiro atoms. The van der Waals surface area contributed by atoms with E-state index in [-0.39, 0.29) is 32.0 Å². The molecule has 0 saturated carbocycles. The van der Waals surface area contributed by atoms with Crippen LogP contribution in [0.15, 0.2) is 0 Å². The number of amides is 1. The second-order valence-electron chi connectivity index (χ2n) is 5.01. The molecule has 0 radical (unpaired) electrons. The van der Waals surface area contributed by atoms with E-state index in [1.165, 1.54) is 6.92 Å². The van der Waals surface area contributed by atoms with Gasteiger partial charge in [-0.1, -0.05) is 0 Å². The highest BCUT2D eigenvalue weighted by Crippen LogP contribution is 2.28. The molecular formula is C11H18F2N2O3. The van der Waals surface area contributed by atoms with Gasteiger partial charge in [0.05, 0.1) is 25.3 Å². The molecule has 0 aromatic carbocycles. The number of halogens is 2. The fourth-order valence-electron chi connectivity index (χ4n) is 2.45. The minimum atomic E-state index is -2.64. The van der Waals surface area contributed by atoms with Gasteiger partial charge in [-0.25, -0.2) is 8.78 Å². The van der Waals surface area contributed by atoms with Crippen LogP contribution in [-0.2, 0) is 9.53 Å². The summed E-state index contributed by atoms with van der Waals surface area (Å²) in [6.07, 6.45) is -1.51. The van der Waals surface area contributed by atoms with Crippen LogP contribution in [-0.4, -0.2) is 66.3 Å². The number of carbonyl (C=O) groups excluding carboxylic acids is 1. The van der Waals surface area contributed by atoms with E-state index in [2.05, 4.69) is 5.32 Å². The van der Waals surface area contributed by atoms with Gasteiger partial charge in [0.1, 0.15) is 6.10 Å². The summed E-state index contributed by atoms with van der Waals surface area (Å²) < 4.78 is 31.4. The standard InChI is InChI=1S/C11H18F2N2O3/c1-7(16)14-8-5-18-9(10(8)17)4-15-3-2-11(12,13)6-15/h8-10,17H,2-6H2,1H3,(H,14,16)/t8-,9-,10+/m0/s1. The average molecular weight is 264 g/mol. The van der Waals surface area contributed by atoms with Crippen molar-refractivity contribution in [1.29, 1.82) is 0 Å². The van der Waals surface area contributed by atoms with Crippen LogP contribution in [0.25, 0.3) is 0 Å². The van der Waals surface area contributed by atoms with Gasteiger partial charge in [-0.3, -0.25) is 9.69 Å². The van der Waals surface area contributed by atoms with Crippen LogP contribution >= 0.6 is 0 Å². The van der Waals surface area contributed by atoms with Gasteiger partial charge in [0, 0.05) is 26.4 Å². The van der Waals surface area contributed by atoms with Crippen LogP contribution in [0, 0.1) is 0 Å². The second kappa shape index (κ2) is 5.07. The summed E-state index contributed by atoms with van der Waals surface area (Å²) >= 11 is 0. The Labute approximate surface area is 104 Å². The van der Waals surface area contributed by atoms with Crippen LogP contribution in [0.2, 0.25) is 0 Å². The van der Waals surface area contributed by atoms with Crippen molar-refractivity contribution >= 4 is 5.91 Å². The van der Waals surface area contributed by atoms with Crippen LogP contribution < -0.4 is 5.32 Å². The Bertz CT molecular complexity index is 327. The Hall–Kier alpha value is -0.790. The minimum Gasteiger partial charge on any atom is -0.388 e. The van der Waals surface area contributed by atoms with Crippen molar-refractivity contribution in [3.05, 3.63) is 0 Å². The highest BCUT2D eigenvalue weighted by molar-refractivity contribution is 5.73. The Morgan fingerprint density at radius 2 is 2.33 bits per heavy atom. The minimum absolute atomic E-state index is 0.148. The van der Waals surface area contributed by atoms with Crippen molar-refractivity contribution in [1.82, 2.24) is 10.2 Å². The first-order valence-electron chi connectivity index (χ1n) is 6.04. The lowest BCUT2D eigenvalue weighted by Gasteiger charge is -2.23. The molecule has 2 aliphatic rings. The number of likely N-dealkylation sites (tertiary alicyclic amines) is 1. The normalized spacial score (nSPS) is 35.9. The number of nitrogens with one attached hydrogen (secondary N) is 1. The summed E-state index contributed by atoms with van der Waals surface area (Å²) in [4.78, 5) is 12.5. The average Bonchev–Trinajstić information content (AvgIpc) is 2.75. The number of ether oxygens (including phenoxy) is 1. The van der Waals surface area contributed by atoms with Crippen LogP contribution in [0.5, 0.6) is 0 Å². The van der Waals surface area contributed by atoms with Gasteiger partial charge < -0.3 is 15.2 Å². The lowest BCUT2D eigenvalue weighted by atomic mass is 10.1. The van der Waals surface area contributed by atoms with Gasteiger partial charge in [0.25, 0.3) is 5.92 Å².